The van der Waals surface area contributed by atoms with E-state index in [0.717, 1.165) is 23.3 Å². The van der Waals surface area contributed by atoms with E-state index in [9.17, 15) is 9.90 Å². The molecule has 5 rings (SSSR count). The second-order valence-corrected chi connectivity index (χ2v) is 10.2. The van der Waals surface area contributed by atoms with E-state index in [4.69, 9.17) is 9.15 Å². The van der Waals surface area contributed by atoms with Gasteiger partial charge in [0.05, 0.1) is 0 Å². The van der Waals surface area contributed by atoms with Gasteiger partial charge >= 0.3 is 5.63 Å². The molecule has 0 aliphatic heterocycles. The molecule has 0 amide bonds. The minimum atomic E-state index is -0.543. The molecule has 1 aliphatic carbocycles. The average Bonchev–Trinajstić information content (AvgIpc) is 3.71. The van der Waals surface area contributed by atoms with E-state index in [2.05, 4.69) is 37.0 Å². The molecule has 1 N–H and O–H groups in total. The van der Waals surface area contributed by atoms with Crippen molar-refractivity contribution in [2.24, 2.45) is 0 Å². The number of benzene rings is 2. The number of pyridine rings is 1. The van der Waals surface area contributed by atoms with Crippen LogP contribution >= 0.6 is 11.8 Å². The molecule has 1 aliphatic rings. The fourth-order valence-electron chi connectivity index (χ4n) is 3.91. The van der Waals surface area contributed by atoms with Gasteiger partial charge in [0.25, 0.3) is 0 Å². The minimum absolute atomic E-state index is 0.0742. The molecule has 6 heteroatoms. The summed E-state index contributed by atoms with van der Waals surface area (Å²) in [6, 6.07) is 19.0. The Morgan fingerprint density at radius 1 is 1.11 bits per heavy atom. The molecule has 0 spiro atoms. The maximum atomic E-state index is 12.9. The highest BCUT2D eigenvalue weighted by molar-refractivity contribution is 7.99. The SMILES string of the molecule is CC(C)c1ccc(C2CC2)c(Sc2c(O)cc(-c3ccc(OCc4cccnc4)cc3)oc2=O)c1. The van der Waals surface area contributed by atoms with Gasteiger partial charge in [-0.25, -0.2) is 4.79 Å². The van der Waals surface area contributed by atoms with E-state index < -0.39 is 5.63 Å². The van der Waals surface area contributed by atoms with Gasteiger partial charge in [0, 0.05) is 34.5 Å². The Labute approximate surface area is 208 Å². The third-order valence-electron chi connectivity index (χ3n) is 6.09. The number of rotatable bonds is 8. The maximum Gasteiger partial charge on any atom is 0.354 e. The van der Waals surface area contributed by atoms with E-state index in [0.29, 0.717) is 35.5 Å². The van der Waals surface area contributed by atoms with Crippen LogP contribution in [0.1, 0.15) is 55.2 Å². The summed E-state index contributed by atoms with van der Waals surface area (Å²) >= 11 is 1.30. The number of hydrogen-bond donors (Lipinski definition) is 1. The fourth-order valence-corrected chi connectivity index (χ4v) is 4.97. The van der Waals surface area contributed by atoms with Crippen molar-refractivity contribution >= 4 is 11.8 Å². The normalized spacial score (nSPS) is 13.2. The highest BCUT2D eigenvalue weighted by Gasteiger charge is 2.27. The Morgan fingerprint density at radius 3 is 2.57 bits per heavy atom. The lowest BCUT2D eigenvalue weighted by atomic mass is 10.0. The molecule has 0 atom stereocenters. The van der Waals surface area contributed by atoms with Crippen molar-refractivity contribution in [2.75, 3.05) is 0 Å². The van der Waals surface area contributed by atoms with Crippen molar-refractivity contribution < 1.29 is 14.3 Å². The van der Waals surface area contributed by atoms with Crippen LogP contribution in [-0.2, 0) is 6.61 Å². The molecular weight excluding hydrogens is 458 g/mol. The molecule has 4 aromatic rings. The molecule has 0 radical (unpaired) electrons. The molecule has 0 saturated heterocycles. The number of nitrogens with zero attached hydrogens (tertiary/aromatic N) is 1. The number of aromatic nitrogens is 1. The largest absolute Gasteiger partial charge is 0.506 e. The number of aromatic hydroxyl groups is 1. The lowest BCUT2D eigenvalue weighted by molar-refractivity contribution is 0.306. The van der Waals surface area contributed by atoms with Crippen molar-refractivity contribution in [3.05, 3.63) is 100 Å². The van der Waals surface area contributed by atoms with Gasteiger partial charge in [-0.2, -0.15) is 0 Å². The smallest absolute Gasteiger partial charge is 0.354 e. The Hall–Kier alpha value is -3.51. The molecule has 1 fully saturated rings. The molecule has 1 saturated carbocycles. The molecule has 2 aromatic heterocycles. The summed E-state index contributed by atoms with van der Waals surface area (Å²) in [5, 5.41) is 10.8. The summed E-state index contributed by atoms with van der Waals surface area (Å²) in [6.45, 7) is 4.71. The van der Waals surface area contributed by atoms with Gasteiger partial charge in [-0.1, -0.05) is 43.8 Å². The van der Waals surface area contributed by atoms with Crippen LogP contribution in [0, 0.1) is 0 Å². The van der Waals surface area contributed by atoms with E-state index in [1.807, 2.05) is 24.3 Å². The summed E-state index contributed by atoms with van der Waals surface area (Å²) in [6.07, 6.45) is 5.81. The average molecular weight is 486 g/mol. The van der Waals surface area contributed by atoms with Crippen molar-refractivity contribution in [1.29, 1.82) is 0 Å². The zero-order chi connectivity index (χ0) is 24.4. The predicted octanol–water partition coefficient (Wildman–Crippen LogP) is 7.14. The molecule has 178 valence electrons. The summed E-state index contributed by atoms with van der Waals surface area (Å²) < 4.78 is 11.4. The van der Waals surface area contributed by atoms with Gasteiger partial charge in [0.2, 0.25) is 0 Å². The molecule has 2 heterocycles. The van der Waals surface area contributed by atoms with Crippen molar-refractivity contribution in [1.82, 2.24) is 4.98 Å². The molecule has 5 nitrogen and oxygen atoms in total. The number of hydrogen-bond acceptors (Lipinski definition) is 6. The van der Waals surface area contributed by atoms with E-state index in [-0.39, 0.29) is 10.6 Å². The minimum Gasteiger partial charge on any atom is -0.506 e. The van der Waals surface area contributed by atoms with Crippen LogP contribution in [0.2, 0.25) is 0 Å². The van der Waals surface area contributed by atoms with Crippen LogP contribution in [0.15, 0.2) is 92.1 Å². The first-order valence-corrected chi connectivity index (χ1v) is 12.6. The van der Waals surface area contributed by atoms with E-state index in [1.165, 1.54) is 29.0 Å². The summed E-state index contributed by atoms with van der Waals surface area (Å²) in [7, 11) is 0. The summed E-state index contributed by atoms with van der Waals surface area (Å²) in [5.74, 6) is 1.84. The molecule has 35 heavy (non-hydrogen) atoms. The van der Waals surface area contributed by atoms with Gasteiger partial charge in [0.1, 0.15) is 28.8 Å². The van der Waals surface area contributed by atoms with E-state index in [1.54, 1.807) is 24.5 Å². The van der Waals surface area contributed by atoms with Gasteiger partial charge < -0.3 is 14.3 Å². The Morgan fingerprint density at radius 2 is 1.91 bits per heavy atom. The quantitative estimate of drug-likeness (QED) is 0.286. The standard InChI is InChI=1S/C29H27NO4S/c1-18(2)22-9-12-24(20-5-6-20)27(14-22)35-28-25(31)15-26(34-29(28)32)21-7-10-23(11-8-21)33-17-19-4-3-13-30-16-19/h3-4,7-16,18,20,31H,5-6,17H2,1-2H3. The maximum absolute atomic E-state index is 12.9. The molecule has 0 unspecified atom stereocenters. The Kier molecular flexibility index (Phi) is 6.64. The fraction of sp³-hybridized carbons (Fsp3) is 0.241. The third kappa shape index (κ3) is 5.43. The topological polar surface area (TPSA) is 72.6 Å². The zero-order valence-corrected chi connectivity index (χ0v) is 20.5. The predicted molar refractivity (Wildman–Crippen MR) is 137 cm³/mol. The third-order valence-corrected chi connectivity index (χ3v) is 7.24. The molecular formula is C29H27NO4S. The second-order valence-electron chi connectivity index (χ2n) is 9.12. The van der Waals surface area contributed by atoms with Crippen LogP contribution in [0.5, 0.6) is 11.5 Å². The van der Waals surface area contributed by atoms with Crippen LogP contribution in [0.3, 0.4) is 0 Å². The lowest BCUT2D eigenvalue weighted by Gasteiger charge is -2.13. The van der Waals surface area contributed by atoms with Crippen molar-refractivity contribution in [3.63, 3.8) is 0 Å². The van der Waals surface area contributed by atoms with Crippen LogP contribution in [0.25, 0.3) is 11.3 Å². The van der Waals surface area contributed by atoms with Crippen LogP contribution in [-0.4, -0.2) is 10.1 Å². The van der Waals surface area contributed by atoms with Gasteiger partial charge in [-0.3, -0.25) is 4.98 Å². The Bertz CT molecular complexity index is 1380. The van der Waals surface area contributed by atoms with Crippen molar-refractivity contribution in [3.8, 4) is 22.8 Å². The zero-order valence-electron chi connectivity index (χ0n) is 19.7. The van der Waals surface area contributed by atoms with Gasteiger partial charge in [-0.05, 0) is 72.2 Å². The summed E-state index contributed by atoms with van der Waals surface area (Å²) in [4.78, 5) is 18.2. The lowest BCUT2D eigenvalue weighted by Crippen LogP contribution is -2.03. The van der Waals surface area contributed by atoms with E-state index >= 15 is 0 Å². The highest BCUT2D eigenvalue weighted by atomic mass is 32.2. The first kappa shape index (κ1) is 23.2. The highest BCUT2D eigenvalue weighted by Crippen LogP contribution is 2.47. The van der Waals surface area contributed by atoms with Crippen LogP contribution in [0.4, 0.5) is 0 Å². The Balaban J connectivity index is 1.36. The monoisotopic (exact) mass is 485 g/mol. The first-order valence-electron chi connectivity index (χ1n) is 11.8. The van der Waals surface area contributed by atoms with Crippen LogP contribution < -0.4 is 10.4 Å². The number of ether oxygens (including phenoxy) is 1. The molecule has 2 aromatic carbocycles. The second kappa shape index (κ2) is 10.0. The van der Waals surface area contributed by atoms with Gasteiger partial charge in [0.15, 0.2) is 0 Å². The first-order chi connectivity index (χ1) is 17.0. The van der Waals surface area contributed by atoms with Crippen molar-refractivity contribution in [2.45, 2.75) is 54.9 Å². The summed E-state index contributed by atoms with van der Waals surface area (Å²) in [5.41, 5.74) is 3.57. The molecule has 0 bridgehead atoms. The van der Waals surface area contributed by atoms with Gasteiger partial charge in [-0.15, -0.1) is 0 Å².